The van der Waals surface area contributed by atoms with Crippen LogP contribution in [0, 0.1) is 5.82 Å². The van der Waals surface area contributed by atoms with Crippen LogP contribution in [-0.4, -0.2) is 30.0 Å². The quantitative estimate of drug-likeness (QED) is 0.607. The Kier molecular flexibility index (Phi) is 4.76. The minimum absolute atomic E-state index is 0.176. The number of aryl methyl sites for hydroxylation is 1. The van der Waals surface area contributed by atoms with Crippen molar-refractivity contribution >= 4 is 27.3 Å². The zero-order valence-electron chi connectivity index (χ0n) is 10.8. The van der Waals surface area contributed by atoms with Crippen LogP contribution in [0.15, 0.2) is 29.4 Å². The van der Waals surface area contributed by atoms with Gasteiger partial charge in [0.05, 0.1) is 16.9 Å². The predicted molar refractivity (Wildman–Crippen MR) is 75.6 cm³/mol. The zero-order valence-corrected chi connectivity index (χ0v) is 12.4. The highest BCUT2D eigenvalue weighted by atomic mass is 35.5. The molecule has 1 aromatic carbocycles. The third-order valence-electron chi connectivity index (χ3n) is 2.67. The summed E-state index contributed by atoms with van der Waals surface area (Å²) in [6, 6.07) is 1.87. The Balaban J connectivity index is 2.00. The molecule has 21 heavy (non-hydrogen) atoms. The highest BCUT2D eigenvalue weighted by Gasteiger charge is 2.19. The SMILES string of the molecule is Nc1cc(S(=O)(=O)NCCCn2ccnn2)c(Cl)cc1F. The Bertz CT molecular complexity index is 720. The molecular weight excluding hydrogens is 321 g/mol. The van der Waals surface area contributed by atoms with E-state index in [-0.39, 0.29) is 22.2 Å². The van der Waals surface area contributed by atoms with Crippen LogP contribution >= 0.6 is 11.6 Å². The normalized spacial score (nSPS) is 11.7. The van der Waals surface area contributed by atoms with Crippen LogP contribution in [0.5, 0.6) is 0 Å². The number of halogens is 2. The summed E-state index contributed by atoms with van der Waals surface area (Å²) in [6.45, 7) is 0.692. The second-order valence-electron chi connectivity index (χ2n) is 4.22. The summed E-state index contributed by atoms with van der Waals surface area (Å²) in [5, 5.41) is 7.17. The first-order chi connectivity index (χ1) is 9.90. The number of rotatable bonds is 6. The second kappa shape index (κ2) is 6.37. The molecule has 0 atom stereocenters. The highest BCUT2D eigenvalue weighted by molar-refractivity contribution is 7.89. The number of sulfonamides is 1. The van der Waals surface area contributed by atoms with Gasteiger partial charge in [0, 0.05) is 19.3 Å². The molecule has 0 fully saturated rings. The first kappa shape index (κ1) is 15.7. The fraction of sp³-hybridized carbons (Fsp3) is 0.273. The number of anilines is 1. The molecule has 0 unspecified atom stereocenters. The van der Waals surface area contributed by atoms with E-state index in [4.69, 9.17) is 17.3 Å². The summed E-state index contributed by atoms with van der Waals surface area (Å²) in [4.78, 5) is -0.246. The monoisotopic (exact) mass is 333 g/mol. The molecule has 0 saturated carbocycles. The van der Waals surface area contributed by atoms with Crippen molar-refractivity contribution in [1.82, 2.24) is 19.7 Å². The van der Waals surface area contributed by atoms with Crippen molar-refractivity contribution < 1.29 is 12.8 Å². The lowest BCUT2D eigenvalue weighted by molar-refractivity contribution is 0.542. The Morgan fingerprint density at radius 3 is 2.86 bits per heavy atom. The van der Waals surface area contributed by atoms with Crippen molar-refractivity contribution in [1.29, 1.82) is 0 Å². The van der Waals surface area contributed by atoms with E-state index in [1.54, 1.807) is 10.9 Å². The maximum atomic E-state index is 13.2. The van der Waals surface area contributed by atoms with Gasteiger partial charge in [0.2, 0.25) is 10.0 Å². The first-order valence-electron chi connectivity index (χ1n) is 5.98. The molecular formula is C11H13ClFN5O2S. The van der Waals surface area contributed by atoms with Crippen LogP contribution in [0.3, 0.4) is 0 Å². The zero-order chi connectivity index (χ0) is 15.5. The molecule has 1 heterocycles. The molecule has 0 bridgehead atoms. The molecule has 3 N–H and O–H groups in total. The van der Waals surface area contributed by atoms with Gasteiger partial charge in [-0.1, -0.05) is 16.8 Å². The van der Waals surface area contributed by atoms with E-state index in [9.17, 15) is 12.8 Å². The molecule has 7 nitrogen and oxygen atoms in total. The van der Waals surface area contributed by atoms with Crippen molar-refractivity contribution in [3.63, 3.8) is 0 Å². The number of hydrogen-bond donors (Lipinski definition) is 2. The minimum Gasteiger partial charge on any atom is -0.396 e. The van der Waals surface area contributed by atoms with Gasteiger partial charge in [-0.05, 0) is 18.6 Å². The topological polar surface area (TPSA) is 103 Å². The molecule has 1 aromatic heterocycles. The number of nitrogens with two attached hydrogens (primary N) is 1. The van der Waals surface area contributed by atoms with E-state index in [1.165, 1.54) is 6.20 Å². The number of nitrogen functional groups attached to an aromatic ring is 1. The van der Waals surface area contributed by atoms with Gasteiger partial charge in [0.25, 0.3) is 0 Å². The number of hydrogen-bond acceptors (Lipinski definition) is 5. The first-order valence-corrected chi connectivity index (χ1v) is 7.84. The Hall–Kier alpha value is -1.71. The minimum atomic E-state index is -3.85. The molecule has 2 rings (SSSR count). The molecule has 0 aliphatic rings. The Labute approximate surface area is 125 Å². The molecule has 0 radical (unpaired) electrons. The largest absolute Gasteiger partial charge is 0.396 e. The number of nitrogens with zero attached hydrogens (tertiary/aromatic N) is 3. The van der Waals surface area contributed by atoms with E-state index in [1.807, 2.05) is 0 Å². The van der Waals surface area contributed by atoms with Gasteiger partial charge in [-0.3, -0.25) is 4.68 Å². The lowest BCUT2D eigenvalue weighted by Gasteiger charge is -2.09. The van der Waals surface area contributed by atoms with Gasteiger partial charge in [-0.2, -0.15) is 0 Å². The molecule has 114 valence electrons. The van der Waals surface area contributed by atoms with E-state index in [0.717, 1.165) is 12.1 Å². The van der Waals surface area contributed by atoms with Crippen molar-refractivity contribution in [2.24, 2.45) is 0 Å². The summed E-state index contributed by atoms with van der Waals surface area (Å²) in [5.74, 6) is -0.759. The van der Waals surface area contributed by atoms with Crippen LogP contribution < -0.4 is 10.5 Å². The van der Waals surface area contributed by atoms with Gasteiger partial charge >= 0.3 is 0 Å². The van der Waals surface area contributed by atoms with Crippen molar-refractivity contribution in [2.75, 3.05) is 12.3 Å². The van der Waals surface area contributed by atoms with E-state index in [0.29, 0.717) is 13.0 Å². The molecule has 2 aromatic rings. The summed E-state index contributed by atoms with van der Waals surface area (Å²) >= 11 is 5.74. The average Bonchev–Trinajstić information content (AvgIpc) is 2.92. The van der Waals surface area contributed by atoms with Gasteiger partial charge in [-0.15, -0.1) is 5.10 Å². The van der Waals surface area contributed by atoms with Crippen LogP contribution in [0.1, 0.15) is 6.42 Å². The number of nitrogens with one attached hydrogen (secondary N) is 1. The van der Waals surface area contributed by atoms with Crippen LogP contribution in [0.2, 0.25) is 5.02 Å². The van der Waals surface area contributed by atoms with Gasteiger partial charge in [0.1, 0.15) is 10.7 Å². The van der Waals surface area contributed by atoms with Crippen molar-refractivity contribution in [2.45, 2.75) is 17.9 Å². The smallest absolute Gasteiger partial charge is 0.242 e. The van der Waals surface area contributed by atoms with Gasteiger partial charge in [-0.25, -0.2) is 17.5 Å². The summed E-state index contributed by atoms with van der Waals surface area (Å²) in [6.07, 6.45) is 3.72. The summed E-state index contributed by atoms with van der Waals surface area (Å²) < 4.78 is 41.3. The molecule has 0 aliphatic carbocycles. The molecule has 10 heteroatoms. The van der Waals surface area contributed by atoms with E-state index in [2.05, 4.69) is 15.0 Å². The molecule has 0 amide bonds. The third-order valence-corrected chi connectivity index (χ3v) is 4.59. The summed E-state index contributed by atoms with van der Waals surface area (Å²) in [7, 11) is -3.85. The standard InChI is InChI=1S/C11H13ClFN5O2S/c12-8-6-9(13)10(14)7-11(8)21(19,20)16-2-1-4-18-5-3-15-17-18/h3,5-7,16H,1-2,4,14H2. The average molecular weight is 334 g/mol. The third kappa shape index (κ3) is 3.90. The molecule has 0 aliphatic heterocycles. The highest BCUT2D eigenvalue weighted by Crippen LogP contribution is 2.26. The maximum absolute atomic E-state index is 13.2. The number of aromatic nitrogens is 3. The lowest BCUT2D eigenvalue weighted by Crippen LogP contribution is -2.26. The van der Waals surface area contributed by atoms with Crippen LogP contribution in [0.25, 0.3) is 0 Å². The number of benzene rings is 1. The Morgan fingerprint density at radius 2 is 2.19 bits per heavy atom. The Morgan fingerprint density at radius 1 is 1.43 bits per heavy atom. The molecule has 0 spiro atoms. The second-order valence-corrected chi connectivity index (χ2v) is 6.36. The van der Waals surface area contributed by atoms with Crippen LogP contribution in [-0.2, 0) is 16.6 Å². The van der Waals surface area contributed by atoms with Gasteiger partial charge in [0.15, 0.2) is 0 Å². The fourth-order valence-electron chi connectivity index (χ4n) is 1.63. The van der Waals surface area contributed by atoms with E-state index >= 15 is 0 Å². The lowest BCUT2D eigenvalue weighted by atomic mass is 10.3. The van der Waals surface area contributed by atoms with Crippen LogP contribution in [0.4, 0.5) is 10.1 Å². The summed E-state index contributed by atoms with van der Waals surface area (Å²) in [5.41, 5.74) is 5.09. The van der Waals surface area contributed by atoms with Crippen molar-refractivity contribution in [3.05, 3.63) is 35.4 Å². The van der Waals surface area contributed by atoms with Gasteiger partial charge < -0.3 is 5.73 Å². The maximum Gasteiger partial charge on any atom is 0.242 e. The fourth-order valence-corrected chi connectivity index (χ4v) is 3.25. The van der Waals surface area contributed by atoms with Crippen molar-refractivity contribution in [3.8, 4) is 0 Å². The predicted octanol–water partition coefficient (Wildman–Crippen LogP) is 1.02. The molecule has 0 saturated heterocycles. The van der Waals surface area contributed by atoms with E-state index < -0.39 is 15.8 Å².